The molecule has 0 aromatic rings. The van der Waals surface area contributed by atoms with Gasteiger partial charge in [-0.15, -0.1) is 0 Å². The first kappa shape index (κ1) is 15.8. The molecule has 6 nitrogen and oxygen atoms in total. The van der Waals surface area contributed by atoms with Crippen LogP contribution in [0.5, 0.6) is 0 Å². The molecule has 3 amide bonds. The molecule has 0 aromatic heterocycles. The maximum absolute atomic E-state index is 12.1. The van der Waals surface area contributed by atoms with Gasteiger partial charge in [-0.25, -0.2) is 0 Å². The van der Waals surface area contributed by atoms with Crippen LogP contribution in [0, 0.1) is 0 Å². The second-order valence-corrected chi connectivity index (χ2v) is 5.99. The molecule has 2 rings (SSSR count). The third-order valence-corrected chi connectivity index (χ3v) is 4.35. The molecule has 0 spiro atoms. The molecule has 1 saturated heterocycles. The first-order chi connectivity index (χ1) is 10.1. The third-order valence-electron chi connectivity index (χ3n) is 4.35. The lowest BCUT2D eigenvalue weighted by atomic mass is 9.95. The van der Waals surface area contributed by atoms with Crippen molar-refractivity contribution >= 4 is 17.7 Å². The van der Waals surface area contributed by atoms with Crippen LogP contribution in [0.3, 0.4) is 0 Å². The molecule has 118 valence electrons. The summed E-state index contributed by atoms with van der Waals surface area (Å²) in [5.74, 6) is -0.441. The van der Waals surface area contributed by atoms with Crippen molar-refractivity contribution in [2.24, 2.45) is 0 Å². The summed E-state index contributed by atoms with van der Waals surface area (Å²) >= 11 is 0. The molecule has 1 aliphatic heterocycles. The lowest BCUT2D eigenvalue weighted by molar-refractivity contribution is -0.137. The van der Waals surface area contributed by atoms with Crippen molar-refractivity contribution in [1.29, 1.82) is 0 Å². The van der Waals surface area contributed by atoms with E-state index in [0.29, 0.717) is 13.0 Å². The van der Waals surface area contributed by atoms with E-state index in [4.69, 9.17) is 0 Å². The molecule has 2 N–H and O–H groups in total. The normalized spacial score (nSPS) is 22.9. The molecule has 0 radical (unpaired) electrons. The Morgan fingerprint density at radius 2 is 1.76 bits per heavy atom. The van der Waals surface area contributed by atoms with Gasteiger partial charge >= 0.3 is 0 Å². The van der Waals surface area contributed by atoms with Crippen LogP contribution in [0.2, 0.25) is 0 Å². The van der Waals surface area contributed by atoms with E-state index in [2.05, 4.69) is 10.6 Å². The molecule has 1 aliphatic carbocycles. The van der Waals surface area contributed by atoms with Gasteiger partial charge in [-0.1, -0.05) is 19.3 Å². The second-order valence-electron chi connectivity index (χ2n) is 5.99. The van der Waals surface area contributed by atoms with Crippen LogP contribution in [0.4, 0.5) is 0 Å². The first-order valence-electron chi connectivity index (χ1n) is 7.92. The van der Waals surface area contributed by atoms with E-state index in [-0.39, 0.29) is 30.3 Å². The summed E-state index contributed by atoms with van der Waals surface area (Å²) in [4.78, 5) is 36.9. The Kier molecular flexibility index (Phi) is 5.59. The Hall–Kier alpha value is -1.59. The summed E-state index contributed by atoms with van der Waals surface area (Å²) in [6.45, 7) is 2.10. The van der Waals surface area contributed by atoms with Gasteiger partial charge in [-0.3, -0.25) is 14.4 Å². The highest BCUT2D eigenvalue weighted by atomic mass is 16.2. The van der Waals surface area contributed by atoms with Crippen molar-refractivity contribution in [2.75, 3.05) is 13.1 Å². The van der Waals surface area contributed by atoms with E-state index >= 15 is 0 Å². The van der Waals surface area contributed by atoms with E-state index in [1.54, 1.807) is 4.90 Å². The van der Waals surface area contributed by atoms with Gasteiger partial charge in [-0.05, 0) is 25.7 Å². The van der Waals surface area contributed by atoms with Crippen LogP contribution in [-0.4, -0.2) is 47.8 Å². The van der Waals surface area contributed by atoms with Crippen molar-refractivity contribution in [2.45, 2.75) is 64.0 Å². The zero-order valence-corrected chi connectivity index (χ0v) is 12.7. The van der Waals surface area contributed by atoms with E-state index in [1.165, 1.54) is 13.3 Å². The first-order valence-corrected chi connectivity index (χ1v) is 7.92. The van der Waals surface area contributed by atoms with Crippen molar-refractivity contribution in [3.8, 4) is 0 Å². The molecule has 0 aromatic carbocycles. The average Bonchev–Trinajstić information content (AvgIpc) is 2.95. The van der Waals surface area contributed by atoms with Crippen LogP contribution in [0.25, 0.3) is 0 Å². The molecule has 2 fully saturated rings. The maximum atomic E-state index is 12.1. The smallest absolute Gasteiger partial charge is 0.243 e. The van der Waals surface area contributed by atoms with Gasteiger partial charge in [0.2, 0.25) is 17.7 Å². The number of hydrogen-bond acceptors (Lipinski definition) is 3. The van der Waals surface area contributed by atoms with Gasteiger partial charge in [-0.2, -0.15) is 0 Å². The highest BCUT2D eigenvalue weighted by Crippen LogP contribution is 2.18. The minimum Gasteiger partial charge on any atom is -0.352 e. The summed E-state index contributed by atoms with van der Waals surface area (Å²) in [6, 6.07) is -0.159. The number of hydrogen-bond donors (Lipinski definition) is 2. The van der Waals surface area contributed by atoms with Crippen LogP contribution in [-0.2, 0) is 14.4 Å². The molecule has 1 atom stereocenters. The van der Waals surface area contributed by atoms with Gasteiger partial charge in [0.25, 0.3) is 0 Å². The fraction of sp³-hybridized carbons (Fsp3) is 0.800. The number of amides is 3. The summed E-state index contributed by atoms with van der Waals surface area (Å²) in [5, 5.41) is 5.62. The molecule has 21 heavy (non-hydrogen) atoms. The lowest BCUT2D eigenvalue weighted by Crippen LogP contribution is -2.49. The van der Waals surface area contributed by atoms with Gasteiger partial charge in [0, 0.05) is 19.5 Å². The molecule has 1 saturated carbocycles. The quantitative estimate of drug-likeness (QED) is 0.795. The predicted molar refractivity (Wildman–Crippen MR) is 78.4 cm³/mol. The largest absolute Gasteiger partial charge is 0.352 e. The zero-order chi connectivity index (χ0) is 15.2. The number of nitrogens with zero attached hydrogens (tertiary/aromatic N) is 1. The highest BCUT2D eigenvalue weighted by molar-refractivity contribution is 5.90. The molecular weight excluding hydrogens is 270 g/mol. The fourth-order valence-corrected chi connectivity index (χ4v) is 3.23. The van der Waals surface area contributed by atoms with Crippen molar-refractivity contribution in [1.82, 2.24) is 15.5 Å². The van der Waals surface area contributed by atoms with Gasteiger partial charge in [0.15, 0.2) is 0 Å². The lowest BCUT2D eigenvalue weighted by Gasteiger charge is -2.24. The SMILES string of the molecule is CC(=O)N1CCCC1C(=O)NCC(=O)NC1CCCCC1. The second kappa shape index (κ2) is 7.43. The standard InChI is InChI=1S/C15H25N3O3/c1-11(19)18-9-5-8-13(18)15(21)16-10-14(20)17-12-6-3-2-4-7-12/h12-13H,2-10H2,1H3,(H,16,21)(H,17,20). The minimum atomic E-state index is -0.412. The van der Waals surface area contributed by atoms with Crippen LogP contribution in [0.15, 0.2) is 0 Å². The Morgan fingerprint density at radius 1 is 1.05 bits per heavy atom. The minimum absolute atomic E-state index is 0.00240. The van der Waals surface area contributed by atoms with E-state index < -0.39 is 6.04 Å². The van der Waals surface area contributed by atoms with Crippen LogP contribution in [0.1, 0.15) is 51.9 Å². The number of likely N-dealkylation sites (tertiary alicyclic amines) is 1. The molecule has 0 bridgehead atoms. The van der Waals surface area contributed by atoms with Crippen LogP contribution >= 0.6 is 0 Å². The third kappa shape index (κ3) is 4.44. The van der Waals surface area contributed by atoms with Gasteiger partial charge in [0.1, 0.15) is 6.04 Å². The van der Waals surface area contributed by atoms with Gasteiger partial charge < -0.3 is 15.5 Å². The number of carbonyl (C=O) groups excluding carboxylic acids is 3. The monoisotopic (exact) mass is 295 g/mol. The zero-order valence-electron chi connectivity index (χ0n) is 12.7. The Bertz CT molecular complexity index is 405. The average molecular weight is 295 g/mol. The number of carbonyl (C=O) groups is 3. The van der Waals surface area contributed by atoms with E-state index in [0.717, 1.165) is 32.1 Å². The van der Waals surface area contributed by atoms with Crippen molar-refractivity contribution in [3.05, 3.63) is 0 Å². The Balaban J connectivity index is 1.72. The molecule has 6 heteroatoms. The topological polar surface area (TPSA) is 78.5 Å². The Morgan fingerprint density at radius 3 is 2.43 bits per heavy atom. The summed E-state index contributed by atoms with van der Waals surface area (Å²) in [7, 11) is 0. The Labute approximate surface area is 125 Å². The van der Waals surface area contributed by atoms with E-state index in [1.807, 2.05) is 0 Å². The van der Waals surface area contributed by atoms with Crippen LogP contribution < -0.4 is 10.6 Å². The summed E-state index contributed by atoms with van der Waals surface area (Å²) in [6.07, 6.45) is 7.13. The summed E-state index contributed by atoms with van der Waals surface area (Å²) < 4.78 is 0. The van der Waals surface area contributed by atoms with E-state index in [9.17, 15) is 14.4 Å². The molecular formula is C15H25N3O3. The maximum Gasteiger partial charge on any atom is 0.243 e. The van der Waals surface area contributed by atoms with Crippen molar-refractivity contribution in [3.63, 3.8) is 0 Å². The molecule has 1 unspecified atom stereocenters. The molecule has 2 aliphatic rings. The fourth-order valence-electron chi connectivity index (χ4n) is 3.23. The predicted octanol–water partition coefficient (Wildman–Crippen LogP) is 0.562. The molecule has 1 heterocycles. The van der Waals surface area contributed by atoms with Crippen molar-refractivity contribution < 1.29 is 14.4 Å². The summed E-state index contributed by atoms with van der Waals surface area (Å²) in [5.41, 5.74) is 0. The number of rotatable bonds is 4. The highest BCUT2D eigenvalue weighted by Gasteiger charge is 2.32. The number of nitrogens with one attached hydrogen (secondary N) is 2. The van der Waals surface area contributed by atoms with Gasteiger partial charge in [0.05, 0.1) is 6.54 Å².